The molecular formula is C27H40ClN3O. The van der Waals surface area contributed by atoms with Crippen molar-refractivity contribution in [2.75, 3.05) is 32.7 Å². The van der Waals surface area contributed by atoms with Gasteiger partial charge in [0.25, 0.3) is 0 Å². The Morgan fingerprint density at radius 1 is 0.906 bits per heavy atom. The molecule has 0 aromatic heterocycles. The Morgan fingerprint density at radius 2 is 1.62 bits per heavy atom. The van der Waals surface area contributed by atoms with E-state index in [0.717, 1.165) is 50.6 Å². The van der Waals surface area contributed by atoms with E-state index in [0.29, 0.717) is 12.3 Å². The van der Waals surface area contributed by atoms with E-state index in [1.807, 2.05) is 0 Å². The number of halogens is 1. The number of likely N-dealkylation sites (tertiary alicyclic amines) is 1. The average molecular weight is 458 g/mol. The number of carbonyl (C=O) groups excluding carboxylic acids is 1. The molecule has 32 heavy (non-hydrogen) atoms. The van der Waals surface area contributed by atoms with Gasteiger partial charge < -0.3 is 15.5 Å². The molecule has 1 heterocycles. The van der Waals surface area contributed by atoms with Crippen LogP contribution in [0.15, 0.2) is 42.5 Å². The number of benzene rings is 2. The Morgan fingerprint density at radius 3 is 2.44 bits per heavy atom. The fraction of sp³-hybridized carbons (Fsp3) is 0.593. The topological polar surface area (TPSA) is 44.4 Å². The van der Waals surface area contributed by atoms with Gasteiger partial charge in [-0.3, -0.25) is 4.79 Å². The van der Waals surface area contributed by atoms with Crippen LogP contribution in [-0.4, -0.2) is 49.6 Å². The number of rotatable bonds is 10. The summed E-state index contributed by atoms with van der Waals surface area (Å²) in [5.41, 5.74) is 1.15. The van der Waals surface area contributed by atoms with Gasteiger partial charge in [-0.1, -0.05) is 55.3 Å². The molecule has 1 aliphatic heterocycles. The Labute approximate surface area is 199 Å². The van der Waals surface area contributed by atoms with Gasteiger partial charge in [-0.15, -0.1) is 12.4 Å². The van der Waals surface area contributed by atoms with Crippen LogP contribution < -0.4 is 10.6 Å². The van der Waals surface area contributed by atoms with E-state index in [1.54, 1.807) is 0 Å². The fourth-order valence-electron chi connectivity index (χ4n) is 5.23. The number of piperidine rings is 1. The van der Waals surface area contributed by atoms with Gasteiger partial charge >= 0.3 is 0 Å². The van der Waals surface area contributed by atoms with Crippen molar-refractivity contribution in [1.29, 1.82) is 0 Å². The van der Waals surface area contributed by atoms with Crippen molar-refractivity contribution in [3.05, 3.63) is 48.0 Å². The van der Waals surface area contributed by atoms with Gasteiger partial charge in [-0.2, -0.15) is 0 Å². The quantitative estimate of drug-likeness (QED) is 0.496. The van der Waals surface area contributed by atoms with Crippen LogP contribution in [0.1, 0.15) is 56.9 Å². The molecule has 4 rings (SSSR count). The number of unbranched alkanes of at least 4 members (excludes halogenated alkanes) is 1. The lowest BCUT2D eigenvalue weighted by atomic mass is 9.95. The largest absolute Gasteiger partial charge is 0.342 e. The van der Waals surface area contributed by atoms with Gasteiger partial charge in [0, 0.05) is 19.1 Å². The molecule has 1 amide bonds. The summed E-state index contributed by atoms with van der Waals surface area (Å²) in [5, 5.41) is 9.77. The Bertz CT molecular complexity index is 823. The second-order valence-electron chi connectivity index (χ2n) is 9.49. The first-order valence-electron chi connectivity index (χ1n) is 12.5. The molecule has 1 saturated heterocycles. The number of amides is 1. The highest BCUT2D eigenvalue weighted by molar-refractivity contribution is 5.90. The smallest absolute Gasteiger partial charge is 0.227 e. The number of nitrogens with zero attached hydrogens (tertiary/aromatic N) is 1. The molecule has 0 bridgehead atoms. The maximum Gasteiger partial charge on any atom is 0.227 e. The summed E-state index contributed by atoms with van der Waals surface area (Å²) in [6.45, 7) is 5.19. The van der Waals surface area contributed by atoms with E-state index in [2.05, 4.69) is 58.0 Å². The van der Waals surface area contributed by atoms with E-state index in [4.69, 9.17) is 0 Å². The highest BCUT2D eigenvalue weighted by Gasteiger charge is 2.23. The van der Waals surface area contributed by atoms with E-state index in [-0.39, 0.29) is 18.3 Å². The van der Waals surface area contributed by atoms with Crippen molar-refractivity contribution in [2.24, 2.45) is 5.92 Å². The molecule has 5 heteroatoms. The summed E-state index contributed by atoms with van der Waals surface area (Å²) in [5.74, 6) is 0.982. The molecule has 2 aromatic rings. The molecule has 2 aromatic carbocycles. The zero-order chi connectivity index (χ0) is 21.3. The second-order valence-corrected chi connectivity index (χ2v) is 9.49. The summed E-state index contributed by atoms with van der Waals surface area (Å²) in [4.78, 5) is 15.0. The zero-order valence-corrected chi connectivity index (χ0v) is 20.2. The normalized spacial score (nSPS) is 17.6. The van der Waals surface area contributed by atoms with Crippen LogP contribution in [0.4, 0.5) is 0 Å². The number of hydrogen-bond acceptors (Lipinski definition) is 3. The maximum absolute atomic E-state index is 12.9. The van der Waals surface area contributed by atoms with Crippen LogP contribution >= 0.6 is 12.4 Å². The standard InChI is InChI=1S/C27H39N3O.ClH/c31-27(20-24-10-7-9-23-8-1-4-13-26(23)24)30-18-14-22(15-19-30)21-28-16-5-6-17-29-25-11-2-3-12-25;/h1,4,7-10,13,22,25,28-29H,2-3,5-6,11-12,14-21H2;1H. The van der Waals surface area contributed by atoms with Gasteiger partial charge in [0.05, 0.1) is 6.42 Å². The summed E-state index contributed by atoms with van der Waals surface area (Å²) in [6.07, 6.45) is 10.9. The van der Waals surface area contributed by atoms with Gasteiger partial charge in [-0.05, 0) is 80.4 Å². The number of nitrogens with one attached hydrogen (secondary N) is 2. The molecule has 2 N–H and O–H groups in total. The van der Waals surface area contributed by atoms with Crippen molar-refractivity contribution >= 4 is 29.1 Å². The average Bonchev–Trinajstić information content (AvgIpc) is 3.33. The van der Waals surface area contributed by atoms with Crippen LogP contribution in [-0.2, 0) is 11.2 Å². The Hall–Kier alpha value is -1.62. The second kappa shape index (κ2) is 13.2. The molecule has 176 valence electrons. The lowest BCUT2D eigenvalue weighted by Crippen LogP contribution is -2.41. The van der Waals surface area contributed by atoms with Crippen LogP contribution in [0, 0.1) is 5.92 Å². The lowest BCUT2D eigenvalue weighted by molar-refractivity contribution is -0.131. The molecule has 1 saturated carbocycles. The van der Waals surface area contributed by atoms with Crippen LogP contribution in [0.5, 0.6) is 0 Å². The maximum atomic E-state index is 12.9. The van der Waals surface area contributed by atoms with Crippen molar-refractivity contribution in [3.63, 3.8) is 0 Å². The van der Waals surface area contributed by atoms with Gasteiger partial charge in [-0.25, -0.2) is 0 Å². The van der Waals surface area contributed by atoms with Crippen LogP contribution in [0.2, 0.25) is 0 Å². The first-order valence-corrected chi connectivity index (χ1v) is 12.5. The molecule has 0 unspecified atom stereocenters. The third kappa shape index (κ3) is 7.19. The summed E-state index contributed by atoms with van der Waals surface area (Å²) >= 11 is 0. The molecule has 2 aliphatic rings. The molecule has 2 fully saturated rings. The van der Waals surface area contributed by atoms with Crippen molar-refractivity contribution in [3.8, 4) is 0 Å². The molecule has 4 nitrogen and oxygen atoms in total. The third-order valence-corrected chi connectivity index (χ3v) is 7.19. The van der Waals surface area contributed by atoms with Gasteiger partial charge in [0.2, 0.25) is 5.91 Å². The van der Waals surface area contributed by atoms with Crippen molar-refractivity contribution < 1.29 is 4.79 Å². The highest BCUT2D eigenvalue weighted by Crippen LogP contribution is 2.22. The minimum atomic E-state index is 0. The Balaban J connectivity index is 0.00000289. The third-order valence-electron chi connectivity index (χ3n) is 7.19. The number of carbonyl (C=O) groups is 1. The zero-order valence-electron chi connectivity index (χ0n) is 19.4. The monoisotopic (exact) mass is 457 g/mol. The fourth-order valence-corrected chi connectivity index (χ4v) is 5.23. The lowest BCUT2D eigenvalue weighted by Gasteiger charge is -2.32. The van der Waals surface area contributed by atoms with E-state index in [1.165, 1.54) is 55.8 Å². The highest BCUT2D eigenvalue weighted by atomic mass is 35.5. The van der Waals surface area contributed by atoms with Gasteiger partial charge in [0.1, 0.15) is 0 Å². The van der Waals surface area contributed by atoms with Crippen LogP contribution in [0.3, 0.4) is 0 Å². The number of fused-ring (bicyclic) bond motifs is 1. The summed E-state index contributed by atoms with van der Waals surface area (Å²) < 4.78 is 0. The summed E-state index contributed by atoms with van der Waals surface area (Å²) in [7, 11) is 0. The van der Waals surface area contributed by atoms with E-state index < -0.39 is 0 Å². The predicted molar refractivity (Wildman–Crippen MR) is 137 cm³/mol. The van der Waals surface area contributed by atoms with Crippen molar-refractivity contribution in [1.82, 2.24) is 15.5 Å². The van der Waals surface area contributed by atoms with E-state index in [9.17, 15) is 4.79 Å². The minimum absolute atomic E-state index is 0. The molecule has 0 radical (unpaired) electrons. The Kier molecular flexibility index (Phi) is 10.3. The predicted octanol–water partition coefficient (Wildman–Crippen LogP) is 4.94. The summed E-state index contributed by atoms with van der Waals surface area (Å²) in [6, 6.07) is 15.4. The number of hydrogen-bond donors (Lipinski definition) is 2. The minimum Gasteiger partial charge on any atom is -0.342 e. The van der Waals surface area contributed by atoms with E-state index >= 15 is 0 Å². The SMILES string of the molecule is Cl.O=C(Cc1cccc2ccccc12)N1CCC(CNCCCCNC2CCCC2)CC1. The molecule has 0 spiro atoms. The first kappa shape index (κ1) is 25.0. The molecule has 0 atom stereocenters. The van der Waals surface area contributed by atoms with Crippen molar-refractivity contribution in [2.45, 2.75) is 63.8 Å². The van der Waals surface area contributed by atoms with Gasteiger partial charge in [0.15, 0.2) is 0 Å². The van der Waals surface area contributed by atoms with Crippen LogP contribution in [0.25, 0.3) is 10.8 Å². The first-order chi connectivity index (χ1) is 15.3. The molecular weight excluding hydrogens is 418 g/mol. The molecule has 1 aliphatic carbocycles.